The Morgan fingerprint density at radius 2 is 1.67 bits per heavy atom. The molecule has 2 N–H and O–H groups in total. The number of hydrogen-bond donors (Lipinski definition) is 2. The van der Waals surface area contributed by atoms with Gasteiger partial charge in [0.05, 0.1) is 29.5 Å². The molecule has 0 aliphatic rings. The molecule has 0 saturated heterocycles. The van der Waals surface area contributed by atoms with Gasteiger partial charge in [0.1, 0.15) is 10.6 Å². The summed E-state index contributed by atoms with van der Waals surface area (Å²) >= 11 is 0. The number of nitrogens with one attached hydrogen (secondary N) is 2. The zero-order chi connectivity index (χ0) is 21.1. The third-order valence-electron chi connectivity index (χ3n) is 4.23. The van der Waals surface area contributed by atoms with Gasteiger partial charge in [-0.05, 0) is 31.2 Å². The monoisotopic (exact) mass is 424 g/mol. The Kier molecular flexibility index (Phi) is 5.23. The van der Waals surface area contributed by atoms with E-state index in [2.05, 4.69) is 25.1 Å². The molecule has 10 heteroatoms. The number of rotatable bonds is 7. The van der Waals surface area contributed by atoms with Crippen LogP contribution in [0.2, 0.25) is 0 Å². The first-order chi connectivity index (χ1) is 14.5. The van der Waals surface area contributed by atoms with Gasteiger partial charge in [0.25, 0.3) is 10.0 Å². The lowest BCUT2D eigenvalue weighted by atomic mass is 10.3. The molecule has 0 aliphatic heterocycles. The van der Waals surface area contributed by atoms with Crippen molar-refractivity contribution in [3.8, 4) is 5.75 Å². The molecule has 0 fully saturated rings. The minimum Gasteiger partial charge on any atom is -0.492 e. The van der Waals surface area contributed by atoms with Crippen molar-refractivity contribution in [2.75, 3.05) is 16.6 Å². The summed E-state index contributed by atoms with van der Waals surface area (Å²) in [5.41, 5.74) is 1.83. The molecule has 4 aromatic rings. The predicted molar refractivity (Wildman–Crippen MR) is 114 cm³/mol. The summed E-state index contributed by atoms with van der Waals surface area (Å²) in [4.78, 5) is 9.09. The van der Waals surface area contributed by atoms with E-state index in [0.29, 0.717) is 29.1 Å². The van der Waals surface area contributed by atoms with Gasteiger partial charge in [-0.1, -0.05) is 24.3 Å². The lowest BCUT2D eigenvalue weighted by molar-refractivity contribution is 0.342. The summed E-state index contributed by atoms with van der Waals surface area (Å²) in [6.45, 7) is 2.38. The van der Waals surface area contributed by atoms with E-state index in [-0.39, 0.29) is 16.5 Å². The van der Waals surface area contributed by atoms with E-state index in [0.717, 1.165) is 0 Å². The van der Waals surface area contributed by atoms with E-state index >= 15 is 0 Å². The van der Waals surface area contributed by atoms with Gasteiger partial charge >= 0.3 is 0 Å². The standard InChI is InChI=1S/C20H20N6O3S/c1-3-29-18-11-7-6-10-17(18)24-19-20(23-16-9-5-4-8-15(16)22-19)25-30(27,28)14-12-21-26(2)13-14/h4-13H,3H2,1-2H3,(H,22,24)(H,23,25). The van der Waals surface area contributed by atoms with Crippen LogP contribution >= 0.6 is 0 Å². The van der Waals surface area contributed by atoms with Crippen LogP contribution in [0.5, 0.6) is 5.75 Å². The van der Waals surface area contributed by atoms with Crippen LogP contribution in [-0.4, -0.2) is 34.8 Å². The molecule has 9 nitrogen and oxygen atoms in total. The zero-order valence-electron chi connectivity index (χ0n) is 16.4. The molecule has 0 atom stereocenters. The molecular weight excluding hydrogens is 404 g/mol. The van der Waals surface area contributed by atoms with Crippen molar-refractivity contribution in [2.45, 2.75) is 11.8 Å². The van der Waals surface area contributed by atoms with Crippen molar-refractivity contribution in [3.05, 3.63) is 60.9 Å². The lowest BCUT2D eigenvalue weighted by Crippen LogP contribution is -2.15. The van der Waals surface area contributed by atoms with Crippen molar-refractivity contribution in [3.63, 3.8) is 0 Å². The van der Waals surface area contributed by atoms with Crippen LogP contribution in [-0.2, 0) is 17.1 Å². The number of aryl methyl sites for hydroxylation is 1. The number of sulfonamides is 1. The summed E-state index contributed by atoms with van der Waals surface area (Å²) in [5, 5.41) is 7.08. The number of hydrogen-bond acceptors (Lipinski definition) is 7. The van der Waals surface area contributed by atoms with E-state index in [4.69, 9.17) is 4.74 Å². The van der Waals surface area contributed by atoms with Gasteiger partial charge < -0.3 is 10.1 Å². The zero-order valence-corrected chi connectivity index (χ0v) is 17.2. The van der Waals surface area contributed by atoms with E-state index in [1.54, 1.807) is 19.2 Å². The molecule has 0 aliphatic carbocycles. The smallest absolute Gasteiger partial charge is 0.266 e. The molecule has 154 valence electrons. The molecule has 0 radical (unpaired) electrons. The fourth-order valence-electron chi connectivity index (χ4n) is 2.86. The largest absolute Gasteiger partial charge is 0.492 e. The molecule has 2 aromatic heterocycles. The average Bonchev–Trinajstić information content (AvgIpc) is 3.17. The molecule has 0 spiro atoms. The Balaban J connectivity index is 1.78. The highest BCUT2D eigenvalue weighted by Gasteiger charge is 2.21. The lowest BCUT2D eigenvalue weighted by Gasteiger charge is -2.15. The van der Waals surface area contributed by atoms with Gasteiger partial charge in [0, 0.05) is 13.2 Å². The summed E-state index contributed by atoms with van der Waals surface area (Å²) in [6, 6.07) is 14.6. The van der Waals surface area contributed by atoms with Crippen molar-refractivity contribution >= 4 is 38.4 Å². The van der Waals surface area contributed by atoms with Crippen LogP contribution in [0, 0.1) is 0 Å². The van der Waals surface area contributed by atoms with Gasteiger partial charge in [0.15, 0.2) is 11.6 Å². The number of anilines is 3. The van der Waals surface area contributed by atoms with Crippen molar-refractivity contribution in [1.82, 2.24) is 19.7 Å². The molecular formula is C20H20N6O3S. The second-order valence-corrected chi connectivity index (χ2v) is 8.10. The number of benzene rings is 2. The second-order valence-electron chi connectivity index (χ2n) is 6.42. The van der Waals surface area contributed by atoms with E-state index in [9.17, 15) is 8.42 Å². The summed E-state index contributed by atoms with van der Waals surface area (Å²) in [6.07, 6.45) is 2.68. The summed E-state index contributed by atoms with van der Waals surface area (Å²) in [5.74, 6) is 0.952. The third kappa shape index (κ3) is 4.03. The number of aromatic nitrogens is 4. The summed E-state index contributed by atoms with van der Waals surface area (Å²) in [7, 11) is -2.26. The quantitative estimate of drug-likeness (QED) is 0.468. The third-order valence-corrected chi connectivity index (χ3v) is 5.53. The van der Waals surface area contributed by atoms with Crippen molar-refractivity contribution in [1.29, 1.82) is 0 Å². The van der Waals surface area contributed by atoms with Crippen LogP contribution in [0.1, 0.15) is 6.92 Å². The fourth-order valence-corrected chi connectivity index (χ4v) is 3.85. The maximum Gasteiger partial charge on any atom is 0.266 e. The molecule has 2 heterocycles. The summed E-state index contributed by atoms with van der Waals surface area (Å²) < 4.78 is 35.3. The van der Waals surface area contributed by atoms with Crippen LogP contribution in [0.4, 0.5) is 17.3 Å². The topological polar surface area (TPSA) is 111 Å². The molecule has 2 aromatic carbocycles. The van der Waals surface area contributed by atoms with Crippen molar-refractivity contribution in [2.24, 2.45) is 7.05 Å². The van der Waals surface area contributed by atoms with E-state index < -0.39 is 10.0 Å². The first-order valence-corrected chi connectivity index (χ1v) is 10.7. The molecule has 0 unspecified atom stereocenters. The van der Waals surface area contributed by atoms with Crippen LogP contribution in [0.15, 0.2) is 65.8 Å². The van der Waals surface area contributed by atoms with Crippen LogP contribution < -0.4 is 14.8 Å². The minimum atomic E-state index is -3.90. The van der Waals surface area contributed by atoms with Crippen LogP contribution in [0.3, 0.4) is 0 Å². The highest BCUT2D eigenvalue weighted by molar-refractivity contribution is 7.92. The molecule has 0 bridgehead atoms. The minimum absolute atomic E-state index is 0.0284. The predicted octanol–water partition coefficient (Wildman–Crippen LogP) is 3.31. The Labute approximate surface area is 173 Å². The number of fused-ring (bicyclic) bond motifs is 1. The maximum absolute atomic E-state index is 12.8. The van der Waals surface area contributed by atoms with Gasteiger partial charge in [0.2, 0.25) is 0 Å². The highest BCUT2D eigenvalue weighted by atomic mass is 32.2. The van der Waals surface area contributed by atoms with Crippen LogP contribution in [0.25, 0.3) is 11.0 Å². The Morgan fingerprint density at radius 3 is 2.33 bits per heavy atom. The van der Waals surface area contributed by atoms with Gasteiger partial charge in [-0.15, -0.1) is 0 Å². The first-order valence-electron chi connectivity index (χ1n) is 9.23. The number of para-hydroxylation sites is 4. The van der Waals surface area contributed by atoms with Gasteiger partial charge in [-0.3, -0.25) is 9.40 Å². The molecule has 0 saturated carbocycles. The number of nitrogens with zero attached hydrogens (tertiary/aromatic N) is 4. The van der Waals surface area contributed by atoms with E-state index in [1.165, 1.54) is 17.1 Å². The Morgan fingerprint density at radius 1 is 1.00 bits per heavy atom. The SMILES string of the molecule is CCOc1ccccc1Nc1nc2ccccc2nc1NS(=O)(=O)c1cnn(C)c1. The highest BCUT2D eigenvalue weighted by Crippen LogP contribution is 2.31. The van der Waals surface area contributed by atoms with Gasteiger partial charge in [-0.25, -0.2) is 18.4 Å². The second kappa shape index (κ2) is 7.99. The van der Waals surface area contributed by atoms with Gasteiger partial charge in [-0.2, -0.15) is 5.10 Å². The first kappa shape index (κ1) is 19.6. The molecule has 4 rings (SSSR count). The van der Waals surface area contributed by atoms with E-state index in [1.807, 2.05) is 43.3 Å². The normalized spacial score (nSPS) is 11.4. The molecule has 30 heavy (non-hydrogen) atoms. The number of ether oxygens (including phenoxy) is 1. The Hall–Kier alpha value is -3.66. The maximum atomic E-state index is 12.8. The fraction of sp³-hybridized carbons (Fsp3) is 0.150. The molecule has 0 amide bonds. The average molecular weight is 424 g/mol. The van der Waals surface area contributed by atoms with Crippen molar-refractivity contribution < 1.29 is 13.2 Å². The Bertz CT molecular complexity index is 1300.